The monoisotopic (exact) mass is 463 g/mol. The minimum atomic E-state index is -5.15. The van der Waals surface area contributed by atoms with Crippen LogP contribution < -0.4 is 9.80 Å². The third kappa shape index (κ3) is 6.04. The second kappa shape index (κ2) is 9.43. The largest absolute Gasteiger partial charge is 0.472 e. The van der Waals surface area contributed by atoms with E-state index in [0.29, 0.717) is 23.7 Å². The number of anilines is 3. The van der Waals surface area contributed by atoms with Crippen molar-refractivity contribution < 1.29 is 27.5 Å². The van der Waals surface area contributed by atoms with Crippen LogP contribution in [0.3, 0.4) is 0 Å². The molecule has 0 aliphatic carbocycles. The Morgan fingerprint density at radius 2 is 1.55 bits per heavy atom. The van der Waals surface area contributed by atoms with E-state index < -0.39 is 23.7 Å². The number of hydrogen-bond acceptors (Lipinski definition) is 5. The highest BCUT2D eigenvalue weighted by Crippen LogP contribution is 2.37. The van der Waals surface area contributed by atoms with Gasteiger partial charge in [-0.15, -0.1) is 0 Å². The van der Waals surface area contributed by atoms with E-state index in [-0.39, 0.29) is 16.9 Å². The highest BCUT2D eigenvalue weighted by atomic mass is 19.4. The number of alkyl halides is 3. The summed E-state index contributed by atoms with van der Waals surface area (Å²) < 4.78 is 46.4. The lowest BCUT2D eigenvalue weighted by Crippen LogP contribution is -2.44. The maximum absolute atomic E-state index is 13.6. The SMILES string of the molecule is CN1CCN(c2ccc(C(=O)OC(C)(C)C)c(N(C(=O)C(F)(F)F)c3ccccc3)c2)CC1. The Labute approximate surface area is 191 Å². The molecule has 0 aromatic heterocycles. The average Bonchev–Trinajstić information content (AvgIpc) is 2.73. The molecule has 0 unspecified atom stereocenters. The standard InChI is InChI=1S/C24H28F3N3O3/c1-23(2,3)33-21(31)19-11-10-18(29-14-12-28(4)13-15-29)16-20(19)30(22(32)24(25,26)27)17-8-6-5-7-9-17/h5-11,16H,12-15H2,1-4H3. The molecule has 1 amide bonds. The minimum absolute atomic E-state index is 0.000149. The number of carbonyl (C=O) groups is 2. The summed E-state index contributed by atoms with van der Waals surface area (Å²) in [5, 5.41) is 0. The van der Waals surface area contributed by atoms with Crippen LogP contribution in [0.15, 0.2) is 48.5 Å². The van der Waals surface area contributed by atoms with Gasteiger partial charge < -0.3 is 14.5 Å². The van der Waals surface area contributed by atoms with E-state index in [1.54, 1.807) is 32.9 Å². The number of likely N-dealkylation sites (N-methyl/N-ethyl adjacent to an activating group) is 1. The van der Waals surface area contributed by atoms with Crippen molar-refractivity contribution >= 4 is 28.9 Å². The van der Waals surface area contributed by atoms with Crippen LogP contribution in [0, 0.1) is 0 Å². The lowest BCUT2D eigenvalue weighted by atomic mass is 10.1. The van der Waals surface area contributed by atoms with E-state index in [1.165, 1.54) is 36.4 Å². The van der Waals surface area contributed by atoms with Crippen molar-refractivity contribution in [1.82, 2.24) is 4.90 Å². The zero-order valence-corrected chi connectivity index (χ0v) is 19.1. The molecule has 33 heavy (non-hydrogen) atoms. The summed E-state index contributed by atoms with van der Waals surface area (Å²) in [6, 6.07) is 12.0. The molecule has 2 aromatic rings. The highest BCUT2D eigenvalue weighted by Gasteiger charge is 2.45. The van der Waals surface area contributed by atoms with Gasteiger partial charge >= 0.3 is 18.1 Å². The lowest BCUT2D eigenvalue weighted by Gasteiger charge is -2.35. The first kappa shape index (κ1) is 24.6. The zero-order chi connectivity index (χ0) is 24.4. The molecule has 6 nitrogen and oxygen atoms in total. The van der Waals surface area contributed by atoms with Crippen molar-refractivity contribution in [1.29, 1.82) is 0 Å². The van der Waals surface area contributed by atoms with Crippen molar-refractivity contribution in [2.24, 2.45) is 0 Å². The van der Waals surface area contributed by atoms with E-state index in [9.17, 15) is 22.8 Å². The van der Waals surface area contributed by atoms with Crippen LogP contribution in [0.2, 0.25) is 0 Å². The molecule has 2 aromatic carbocycles. The number of piperazine rings is 1. The molecule has 9 heteroatoms. The molecule has 1 fully saturated rings. The van der Waals surface area contributed by atoms with E-state index in [4.69, 9.17) is 4.74 Å². The van der Waals surface area contributed by atoms with Gasteiger partial charge in [-0.05, 0) is 58.2 Å². The number of rotatable bonds is 4. The minimum Gasteiger partial charge on any atom is -0.456 e. The molecule has 1 aliphatic rings. The van der Waals surface area contributed by atoms with E-state index >= 15 is 0 Å². The van der Waals surface area contributed by atoms with Crippen molar-refractivity contribution in [2.45, 2.75) is 32.5 Å². The fraction of sp³-hybridized carbons (Fsp3) is 0.417. The fourth-order valence-electron chi connectivity index (χ4n) is 3.54. The third-order valence-electron chi connectivity index (χ3n) is 5.17. The summed E-state index contributed by atoms with van der Waals surface area (Å²) in [4.78, 5) is 30.2. The molecule has 1 heterocycles. The van der Waals surface area contributed by atoms with Crippen molar-refractivity contribution in [3.05, 3.63) is 54.1 Å². The summed E-state index contributed by atoms with van der Waals surface area (Å²) in [5.74, 6) is -2.90. The first-order chi connectivity index (χ1) is 15.4. The number of amides is 1. The summed E-state index contributed by atoms with van der Waals surface area (Å²) in [5.41, 5.74) is -0.532. The van der Waals surface area contributed by atoms with Crippen LogP contribution in [0.25, 0.3) is 0 Å². The van der Waals surface area contributed by atoms with Crippen LogP contribution >= 0.6 is 0 Å². The highest BCUT2D eigenvalue weighted by molar-refractivity contribution is 6.09. The topological polar surface area (TPSA) is 53.1 Å². The molecule has 0 saturated carbocycles. The second-order valence-electron chi connectivity index (χ2n) is 8.97. The van der Waals surface area contributed by atoms with Gasteiger partial charge in [-0.2, -0.15) is 13.2 Å². The van der Waals surface area contributed by atoms with Crippen LogP contribution in [0.4, 0.5) is 30.2 Å². The normalized spacial score (nSPS) is 15.3. The van der Waals surface area contributed by atoms with Gasteiger partial charge in [-0.25, -0.2) is 4.79 Å². The molecule has 1 aliphatic heterocycles. The number of carbonyl (C=O) groups excluding carboxylic acids is 2. The average molecular weight is 464 g/mol. The summed E-state index contributed by atoms with van der Waals surface area (Å²) in [6.45, 7) is 7.90. The van der Waals surface area contributed by atoms with Gasteiger partial charge in [0.15, 0.2) is 0 Å². The lowest BCUT2D eigenvalue weighted by molar-refractivity contribution is -0.169. The van der Waals surface area contributed by atoms with Crippen LogP contribution in [-0.2, 0) is 9.53 Å². The van der Waals surface area contributed by atoms with Crippen molar-refractivity contribution in [3.8, 4) is 0 Å². The second-order valence-corrected chi connectivity index (χ2v) is 8.97. The Bertz CT molecular complexity index is 995. The smallest absolute Gasteiger partial charge is 0.456 e. The predicted molar refractivity (Wildman–Crippen MR) is 121 cm³/mol. The Balaban J connectivity index is 2.17. The molecule has 0 atom stereocenters. The first-order valence-electron chi connectivity index (χ1n) is 10.6. The Morgan fingerprint density at radius 1 is 0.939 bits per heavy atom. The number of benzene rings is 2. The van der Waals surface area contributed by atoms with E-state index in [0.717, 1.165) is 13.1 Å². The molecule has 0 N–H and O–H groups in total. The zero-order valence-electron chi connectivity index (χ0n) is 19.1. The quantitative estimate of drug-likeness (QED) is 0.620. The molecular formula is C24H28F3N3O3. The van der Waals surface area contributed by atoms with Crippen molar-refractivity contribution in [2.75, 3.05) is 43.0 Å². The Kier molecular flexibility index (Phi) is 7.02. The number of esters is 1. The summed E-state index contributed by atoms with van der Waals surface area (Å²) in [6.07, 6.45) is -5.15. The van der Waals surface area contributed by atoms with Gasteiger partial charge in [0.25, 0.3) is 0 Å². The molecule has 1 saturated heterocycles. The number of ether oxygens (including phenoxy) is 1. The number of para-hydroxylation sites is 1. The fourth-order valence-corrected chi connectivity index (χ4v) is 3.54. The van der Waals surface area contributed by atoms with Crippen LogP contribution in [-0.4, -0.2) is 61.8 Å². The summed E-state index contributed by atoms with van der Waals surface area (Å²) in [7, 11) is 1.99. The van der Waals surface area contributed by atoms with Gasteiger partial charge in [0.2, 0.25) is 0 Å². The molecule has 0 bridgehead atoms. The van der Waals surface area contributed by atoms with Gasteiger partial charge in [0.05, 0.1) is 11.3 Å². The predicted octanol–water partition coefficient (Wildman–Crippen LogP) is 4.62. The maximum Gasteiger partial charge on any atom is 0.472 e. The van der Waals surface area contributed by atoms with Crippen LogP contribution in [0.1, 0.15) is 31.1 Å². The molecule has 0 spiro atoms. The number of halogens is 3. The van der Waals surface area contributed by atoms with Gasteiger partial charge in [-0.1, -0.05) is 18.2 Å². The molecule has 3 rings (SSSR count). The summed E-state index contributed by atoms with van der Waals surface area (Å²) >= 11 is 0. The van der Waals surface area contributed by atoms with E-state index in [2.05, 4.69) is 4.90 Å². The Hall–Kier alpha value is -3.07. The molecular weight excluding hydrogens is 435 g/mol. The number of hydrogen-bond donors (Lipinski definition) is 0. The van der Waals surface area contributed by atoms with Gasteiger partial charge in [0, 0.05) is 37.6 Å². The maximum atomic E-state index is 13.6. The number of nitrogens with zero attached hydrogens (tertiary/aromatic N) is 3. The first-order valence-corrected chi connectivity index (χ1v) is 10.6. The molecule has 0 radical (unpaired) electrons. The Morgan fingerprint density at radius 3 is 2.09 bits per heavy atom. The van der Waals surface area contributed by atoms with Gasteiger partial charge in [0.1, 0.15) is 5.60 Å². The third-order valence-corrected chi connectivity index (χ3v) is 5.17. The van der Waals surface area contributed by atoms with E-state index in [1.807, 2.05) is 11.9 Å². The van der Waals surface area contributed by atoms with Gasteiger partial charge in [-0.3, -0.25) is 9.69 Å². The van der Waals surface area contributed by atoms with Crippen molar-refractivity contribution in [3.63, 3.8) is 0 Å². The molecule has 178 valence electrons. The van der Waals surface area contributed by atoms with Crippen LogP contribution in [0.5, 0.6) is 0 Å².